The third kappa shape index (κ3) is 2.63. The molecule has 3 rings (SSSR count). The Morgan fingerprint density at radius 1 is 1.20 bits per heavy atom. The molecule has 0 fully saturated rings. The fraction of sp³-hybridized carbons (Fsp3) is 0.167. The van der Waals surface area contributed by atoms with Crippen molar-refractivity contribution in [1.82, 2.24) is 18.9 Å². The number of hydrogen-bond acceptors (Lipinski definition) is 2. The van der Waals surface area contributed by atoms with E-state index in [9.17, 15) is 13.2 Å². The molecule has 8 heteroatoms. The van der Waals surface area contributed by atoms with Crippen LogP contribution in [-0.4, -0.2) is 18.9 Å². The molecule has 0 atom stereocenters. The Bertz CT molecular complexity index is 703. The second-order valence-electron chi connectivity index (χ2n) is 3.99. The fourth-order valence-corrected chi connectivity index (χ4v) is 1.96. The van der Waals surface area contributed by atoms with Crippen LogP contribution in [0.25, 0.3) is 5.65 Å². The second-order valence-corrected chi connectivity index (χ2v) is 3.99. The molecule has 0 aliphatic heterocycles. The van der Waals surface area contributed by atoms with Crippen LogP contribution in [0.15, 0.2) is 36.8 Å². The van der Waals surface area contributed by atoms with E-state index in [0.717, 1.165) is 4.40 Å². The first-order valence-electron chi connectivity index (χ1n) is 5.47. The molecule has 4 nitrogen and oxygen atoms in total. The molecule has 0 N–H and O–H groups in total. The number of nitrogens with zero attached hydrogens (tertiary/aromatic N) is 4. The standard InChI is InChI=1S/C12H8F3N4.W/c13-12(14,15)11-9(7-18-6-4-16-8-18)17-10-3-1-2-5-19(10)11;/h1-6H,7H2;/q-1;. The molecule has 0 aliphatic rings. The summed E-state index contributed by atoms with van der Waals surface area (Å²) >= 11 is 0. The monoisotopic (exact) mass is 449 g/mol. The first kappa shape index (κ1) is 14.8. The fourth-order valence-electron chi connectivity index (χ4n) is 1.96. The summed E-state index contributed by atoms with van der Waals surface area (Å²) in [6.45, 7) is -0.0173. The van der Waals surface area contributed by atoms with Crippen molar-refractivity contribution in [3.05, 3.63) is 54.5 Å². The Kier molecular flexibility index (Phi) is 3.99. The maximum Gasteiger partial charge on any atom is 0.433 e. The summed E-state index contributed by atoms with van der Waals surface area (Å²) in [6, 6.07) is 4.73. The number of halogens is 3. The summed E-state index contributed by atoms with van der Waals surface area (Å²) in [7, 11) is 0. The topological polar surface area (TPSA) is 35.1 Å². The van der Waals surface area contributed by atoms with Gasteiger partial charge in [-0.15, -0.1) is 12.4 Å². The molecule has 0 amide bonds. The first-order chi connectivity index (χ1) is 9.05. The van der Waals surface area contributed by atoms with Crippen molar-refractivity contribution in [3.8, 4) is 0 Å². The van der Waals surface area contributed by atoms with E-state index >= 15 is 0 Å². The van der Waals surface area contributed by atoms with Gasteiger partial charge >= 0.3 is 6.18 Å². The Balaban J connectivity index is 0.00000147. The van der Waals surface area contributed by atoms with Crippen LogP contribution in [0.5, 0.6) is 0 Å². The van der Waals surface area contributed by atoms with E-state index in [-0.39, 0.29) is 39.0 Å². The van der Waals surface area contributed by atoms with Crippen molar-refractivity contribution in [3.63, 3.8) is 0 Å². The van der Waals surface area contributed by atoms with Crippen LogP contribution in [-0.2, 0) is 33.8 Å². The smallest absolute Gasteiger partial charge is 0.433 e. The second kappa shape index (κ2) is 5.40. The SMILES string of the molecule is FC(F)(F)c1c(Cn2[c-]ncc2)nc2ccccn12.[W]. The van der Waals surface area contributed by atoms with Crippen molar-refractivity contribution in [2.24, 2.45) is 0 Å². The predicted molar refractivity (Wildman–Crippen MR) is 60.4 cm³/mol. The number of hydrogen-bond donors (Lipinski definition) is 0. The number of imidazole rings is 2. The molecule has 0 aromatic carbocycles. The van der Waals surface area contributed by atoms with Crippen LogP contribution in [0.2, 0.25) is 0 Å². The quantitative estimate of drug-likeness (QED) is 0.564. The van der Waals surface area contributed by atoms with Gasteiger partial charge in [-0.05, 0) is 12.1 Å². The van der Waals surface area contributed by atoms with E-state index < -0.39 is 11.9 Å². The predicted octanol–water partition coefficient (Wildman–Crippen LogP) is 2.40. The van der Waals surface area contributed by atoms with Crippen molar-refractivity contribution in [2.45, 2.75) is 12.7 Å². The third-order valence-electron chi connectivity index (χ3n) is 2.70. The molecular weight excluding hydrogens is 441 g/mol. The Morgan fingerprint density at radius 3 is 2.65 bits per heavy atom. The molecule has 3 aromatic heterocycles. The Hall–Kier alpha value is -1.62. The normalized spacial score (nSPS) is 11.6. The summed E-state index contributed by atoms with van der Waals surface area (Å²) in [5.74, 6) is 0. The zero-order valence-corrected chi connectivity index (χ0v) is 12.9. The van der Waals surface area contributed by atoms with Crippen LogP contribution in [0.1, 0.15) is 11.4 Å². The van der Waals surface area contributed by atoms with Gasteiger partial charge < -0.3 is 9.55 Å². The van der Waals surface area contributed by atoms with E-state index in [1.54, 1.807) is 12.3 Å². The zero-order valence-electron chi connectivity index (χ0n) is 10.0. The van der Waals surface area contributed by atoms with Crippen molar-refractivity contribution in [2.75, 3.05) is 0 Å². The summed E-state index contributed by atoms with van der Waals surface area (Å²) in [5, 5.41) is 0. The maximum atomic E-state index is 13.1. The minimum atomic E-state index is -4.46. The van der Waals surface area contributed by atoms with Crippen molar-refractivity contribution >= 4 is 5.65 Å². The summed E-state index contributed by atoms with van der Waals surface area (Å²) in [6.07, 6.45) is 2.46. The van der Waals surface area contributed by atoms with Gasteiger partial charge in [-0.2, -0.15) is 13.2 Å². The van der Waals surface area contributed by atoms with Gasteiger partial charge in [0.2, 0.25) is 0 Å². The molecule has 104 valence electrons. The molecule has 0 aliphatic carbocycles. The molecule has 0 unspecified atom stereocenters. The molecule has 0 saturated heterocycles. The van der Waals surface area contributed by atoms with Gasteiger partial charge in [0.1, 0.15) is 5.65 Å². The number of rotatable bonds is 2. The summed E-state index contributed by atoms with van der Waals surface area (Å²) < 4.78 is 41.9. The average molecular weight is 449 g/mol. The van der Waals surface area contributed by atoms with E-state index in [0.29, 0.717) is 0 Å². The molecule has 3 heterocycles. The number of alkyl halides is 3. The summed E-state index contributed by atoms with van der Waals surface area (Å²) in [5.41, 5.74) is -0.539. The molecular formula is C12H8F3N4W-. The average Bonchev–Trinajstić information content (AvgIpc) is 2.94. The Labute approximate surface area is 126 Å². The van der Waals surface area contributed by atoms with Crippen LogP contribution in [0, 0.1) is 6.33 Å². The third-order valence-corrected chi connectivity index (χ3v) is 2.70. The minimum Gasteiger partial charge on any atom is -0.449 e. The van der Waals surface area contributed by atoms with Gasteiger partial charge in [0, 0.05) is 40.1 Å². The van der Waals surface area contributed by atoms with Gasteiger partial charge in [0.15, 0.2) is 5.69 Å². The summed E-state index contributed by atoms with van der Waals surface area (Å²) in [4.78, 5) is 7.71. The van der Waals surface area contributed by atoms with Gasteiger partial charge in [-0.3, -0.25) is 4.40 Å². The van der Waals surface area contributed by atoms with E-state index in [1.807, 2.05) is 0 Å². The number of pyridine rings is 1. The minimum absolute atomic E-state index is 0. The molecule has 0 saturated carbocycles. The molecule has 3 aromatic rings. The van der Waals surface area contributed by atoms with Gasteiger partial charge in [0.05, 0.1) is 5.69 Å². The molecule has 20 heavy (non-hydrogen) atoms. The molecule has 0 bridgehead atoms. The molecule has 0 spiro atoms. The van der Waals surface area contributed by atoms with Crippen LogP contribution in [0.3, 0.4) is 0 Å². The van der Waals surface area contributed by atoms with E-state index in [4.69, 9.17) is 0 Å². The van der Waals surface area contributed by atoms with Gasteiger partial charge in [-0.1, -0.05) is 6.07 Å². The van der Waals surface area contributed by atoms with E-state index in [2.05, 4.69) is 16.3 Å². The van der Waals surface area contributed by atoms with Crippen LogP contribution < -0.4 is 0 Å². The number of aromatic nitrogens is 4. The van der Waals surface area contributed by atoms with Gasteiger partial charge in [0.25, 0.3) is 0 Å². The Morgan fingerprint density at radius 2 is 2.00 bits per heavy atom. The van der Waals surface area contributed by atoms with E-state index in [1.165, 1.54) is 29.1 Å². The van der Waals surface area contributed by atoms with Crippen molar-refractivity contribution in [1.29, 1.82) is 0 Å². The first-order valence-corrected chi connectivity index (χ1v) is 5.47. The van der Waals surface area contributed by atoms with Crippen LogP contribution >= 0.6 is 0 Å². The largest absolute Gasteiger partial charge is 0.449 e. The molecule has 0 radical (unpaired) electrons. The van der Waals surface area contributed by atoms with Crippen molar-refractivity contribution < 1.29 is 34.2 Å². The van der Waals surface area contributed by atoms with Crippen LogP contribution in [0.4, 0.5) is 13.2 Å². The number of fused-ring (bicyclic) bond motifs is 1. The maximum absolute atomic E-state index is 13.1. The zero-order chi connectivity index (χ0) is 13.5. The van der Waals surface area contributed by atoms with Gasteiger partial charge in [-0.25, -0.2) is 4.98 Å².